The Morgan fingerprint density at radius 2 is 1.78 bits per heavy atom. The van der Waals surface area contributed by atoms with E-state index in [0.29, 0.717) is 6.54 Å². The standard InChI is InChI=1S/C19H22N2OS/c22-19(20-11-13-23-18-8-2-1-3-9-18)15-21-12-10-16-6-4-5-7-17(16)14-21/h1-9H,10-15H2,(H,20,22)/p+1. The zero-order chi connectivity index (χ0) is 15.9. The third-order valence-electron chi connectivity index (χ3n) is 4.15. The van der Waals surface area contributed by atoms with Gasteiger partial charge in [-0.3, -0.25) is 4.79 Å². The molecule has 0 spiro atoms. The number of hydrogen-bond donors (Lipinski definition) is 2. The lowest BCUT2D eigenvalue weighted by Crippen LogP contribution is -3.12. The molecule has 2 aromatic carbocycles. The Kier molecular flexibility index (Phi) is 5.72. The van der Waals surface area contributed by atoms with Crippen molar-refractivity contribution in [2.75, 3.05) is 25.4 Å². The molecule has 0 radical (unpaired) electrons. The van der Waals surface area contributed by atoms with Crippen LogP contribution in [0, 0.1) is 0 Å². The number of carbonyl (C=O) groups is 1. The molecule has 0 saturated carbocycles. The van der Waals surface area contributed by atoms with Crippen LogP contribution in [0.4, 0.5) is 0 Å². The van der Waals surface area contributed by atoms with Crippen molar-refractivity contribution in [1.29, 1.82) is 0 Å². The van der Waals surface area contributed by atoms with Gasteiger partial charge in [0.05, 0.1) is 6.54 Å². The lowest BCUT2D eigenvalue weighted by molar-refractivity contribution is -0.908. The van der Waals surface area contributed by atoms with E-state index < -0.39 is 0 Å². The van der Waals surface area contributed by atoms with Crippen molar-refractivity contribution in [2.45, 2.75) is 17.9 Å². The molecule has 1 aliphatic heterocycles. The van der Waals surface area contributed by atoms with E-state index in [0.717, 1.165) is 31.8 Å². The average Bonchev–Trinajstić information content (AvgIpc) is 2.59. The van der Waals surface area contributed by atoms with Gasteiger partial charge in [0.2, 0.25) is 0 Å². The van der Waals surface area contributed by atoms with Crippen molar-refractivity contribution in [1.82, 2.24) is 5.32 Å². The van der Waals surface area contributed by atoms with E-state index in [1.54, 1.807) is 11.8 Å². The Morgan fingerprint density at radius 3 is 2.61 bits per heavy atom. The third kappa shape index (κ3) is 4.85. The van der Waals surface area contributed by atoms with Gasteiger partial charge < -0.3 is 10.2 Å². The van der Waals surface area contributed by atoms with Gasteiger partial charge in [0.15, 0.2) is 6.54 Å². The summed E-state index contributed by atoms with van der Waals surface area (Å²) in [5.41, 5.74) is 2.83. The minimum Gasteiger partial charge on any atom is -0.350 e. The molecular weight excluding hydrogens is 304 g/mol. The van der Waals surface area contributed by atoms with Crippen LogP contribution in [0.3, 0.4) is 0 Å². The van der Waals surface area contributed by atoms with Crippen LogP contribution < -0.4 is 10.2 Å². The Hall–Kier alpha value is -1.78. The zero-order valence-corrected chi connectivity index (χ0v) is 14.1. The Balaban J connectivity index is 1.37. The van der Waals surface area contributed by atoms with Crippen molar-refractivity contribution in [2.24, 2.45) is 0 Å². The second-order valence-electron chi connectivity index (χ2n) is 5.88. The van der Waals surface area contributed by atoms with E-state index in [4.69, 9.17) is 0 Å². The molecule has 23 heavy (non-hydrogen) atoms. The highest BCUT2D eigenvalue weighted by atomic mass is 32.2. The molecule has 1 amide bonds. The van der Waals surface area contributed by atoms with Gasteiger partial charge in [0.25, 0.3) is 5.91 Å². The molecule has 1 aliphatic rings. The first-order valence-corrected chi connectivity index (χ1v) is 9.15. The number of quaternary nitrogens is 1. The molecule has 4 heteroatoms. The number of nitrogens with one attached hydrogen (secondary N) is 2. The summed E-state index contributed by atoms with van der Waals surface area (Å²) >= 11 is 1.78. The topological polar surface area (TPSA) is 33.5 Å². The lowest BCUT2D eigenvalue weighted by atomic mass is 10.00. The van der Waals surface area contributed by atoms with Gasteiger partial charge in [-0.2, -0.15) is 0 Å². The number of thioether (sulfide) groups is 1. The molecule has 0 aliphatic carbocycles. The minimum atomic E-state index is 0.160. The summed E-state index contributed by atoms with van der Waals surface area (Å²) in [6, 6.07) is 18.9. The average molecular weight is 327 g/mol. The Morgan fingerprint density at radius 1 is 1.04 bits per heavy atom. The van der Waals surface area contributed by atoms with Crippen LogP contribution >= 0.6 is 11.8 Å². The SMILES string of the molecule is O=C(C[NH+]1CCc2ccccc2C1)NCCSc1ccccc1. The van der Waals surface area contributed by atoms with Gasteiger partial charge in [-0.1, -0.05) is 42.5 Å². The highest BCUT2D eigenvalue weighted by Crippen LogP contribution is 2.15. The Bertz CT molecular complexity index is 645. The van der Waals surface area contributed by atoms with Gasteiger partial charge in [-0.25, -0.2) is 0 Å². The molecule has 3 nitrogen and oxygen atoms in total. The summed E-state index contributed by atoms with van der Waals surface area (Å²) < 4.78 is 0. The molecule has 1 unspecified atom stereocenters. The van der Waals surface area contributed by atoms with Crippen molar-refractivity contribution >= 4 is 17.7 Å². The molecule has 0 aromatic heterocycles. The van der Waals surface area contributed by atoms with Crippen molar-refractivity contribution < 1.29 is 9.69 Å². The molecule has 2 N–H and O–H groups in total. The smallest absolute Gasteiger partial charge is 0.275 e. The van der Waals surface area contributed by atoms with E-state index in [1.165, 1.54) is 20.9 Å². The highest BCUT2D eigenvalue weighted by Gasteiger charge is 2.20. The summed E-state index contributed by atoms with van der Waals surface area (Å²) in [5.74, 6) is 1.07. The second kappa shape index (κ2) is 8.18. The van der Waals surface area contributed by atoms with Crippen LogP contribution in [0.25, 0.3) is 0 Å². The fourth-order valence-electron chi connectivity index (χ4n) is 2.96. The normalized spacial score (nSPS) is 16.6. The second-order valence-corrected chi connectivity index (χ2v) is 7.05. The van der Waals surface area contributed by atoms with Crippen molar-refractivity contribution in [3.63, 3.8) is 0 Å². The molecule has 1 atom stereocenters. The first-order valence-electron chi connectivity index (χ1n) is 8.16. The van der Waals surface area contributed by atoms with Crippen LogP contribution in [0.5, 0.6) is 0 Å². The molecule has 120 valence electrons. The fraction of sp³-hybridized carbons (Fsp3) is 0.316. The third-order valence-corrected chi connectivity index (χ3v) is 5.17. The monoisotopic (exact) mass is 327 g/mol. The first-order chi connectivity index (χ1) is 11.3. The number of amides is 1. The van der Waals surface area contributed by atoms with Gasteiger partial charge in [0.1, 0.15) is 6.54 Å². The number of fused-ring (bicyclic) bond motifs is 1. The predicted octanol–water partition coefficient (Wildman–Crippen LogP) is 1.54. The maximum absolute atomic E-state index is 12.1. The number of carbonyl (C=O) groups excluding carboxylic acids is 1. The van der Waals surface area contributed by atoms with Gasteiger partial charge in [-0.15, -0.1) is 11.8 Å². The van der Waals surface area contributed by atoms with Crippen LogP contribution in [0.2, 0.25) is 0 Å². The zero-order valence-electron chi connectivity index (χ0n) is 13.3. The van der Waals surface area contributed by atoms with E-state index in [1.807, 2.05) is 18.2 Å². The summed E-state index contributed by atoms with van der Waals surface area (Å²) in [7, 11) is 0. The summed E-state index contributed by atoms with van der Waals surface area (Å²) in [6.45, 7) is 3.30. The molecule has 1 heterocycles. The number of benzene rings is 2. The minimum absolute atomic E-state index is 0.160. The molecule has 2 aromatic rings. The van der Waals surface area contributed by atoms with E-state index >= 15 is 0 Å². The lowest BCUT2D eigenvalue weighted by Gasteiger charge is -2.25. The molecule has 0 saturated heterocycles. The molecule has 0 bridgehead atoms. The Labute approximate surface area is 142 Å². The van der Waals surface area contributed by atoms with Gasteiger partial charge in [0, 0.05) is 29.2 Å². The predicted molar refractivity (Wildman–Crippen MR) is 94.7 cm³/mol. The van der Waals surface area contributed by atoms with Crippen molar-refractivity contribution in [3.8, 4) is 0 Å². The fourth-order valence-corrected chi connectivity index (χ4v) is 3.75. The molecule has 3 rings (SSSR count). The number of rotatable bonds is 6. The van der Waals surface area contributed by atoms with E-state index in [-0.39, 0.29) is 5.91 Å². The maximum atomic E-state index is 12.1. The van der Waals surface area contributed by atoms with E-state index in [9.17, 15) is 4.79 Å². The van der Waals surface area contributed by atoms with Gasteiger partial charge >= 0.3 is 0 Å². The van der Waals surface area contributed by atoms with Crippen LogP contribution in [-0.4, -0.2) is 31.3 Å². The van der Waals surface area contributed by atoms with Crippen LogP contribution in [0.1, 0.15) is 11.1 Å². The van der Waals surface area contributed by atoms with Gasteiger partial charge in [-0.05, 0) is 17.7 Å². The maximum Gasteiger partial charge on any atom is 0.275 e. The number of hydrogen-bond acceptors (Lipinski definition) is 2. The van der Waals surface area contributed by atoms with E-state index in [2.05, 4.69) is 41.7 Å². The first kappa shape index (κ1) is 16.1. The van der Waals surface area contributed by atoms with Crippen LogP contribution in [-0.2, 0) is 17.8 Å². The largest absolute Gasteiger partial charge is 0.350 e. The van der Waals surface area contributed by atoms with Crippen LogP contribution in [0.15, 0.2) is 59.5 Å². The molecule has 0 fully saturated rings. The van der Waals surface area contributed by atoms with Crippen molar-refractivity contribution in [3.05, 3.63) is 65.7 Å². The summed E-state index contributed by atoms with van der Waals surface area (Å²) in [4.78, 5) is 14.7. The summed E-state index contributed by atoms with van der Waals surface area (Å²) in [5, 5.41) is 3.04. The molecular formula is C19H23N2OS+. The summed E-state index contributed by atoms with van der Waals surface area (Å²) in [6.07, 6.45) is 1.07. The quantitative estimate of drug-likeness (QED) is 0.623. The highest BCUT2D eigenvalue weighted by molar-refractivity contribution is 7.99.